The highest BCUT2D eigenvalue weighted by atomic mass is 19.3. The van der Waals surface area contributed by atoms with E-state index in [0.29, 0.717) is 17.7 Å². The summed E-state index contributed by atoms with van der Waals surface area (Å²) in [6.45, 7) is -0.0709. The van der Waals surface area contributed by atoms with Gasteiger partial charge in [-0.3, -0.25) is 9.59 Å². The summed E-state index contributed by atoms with van der Waals surface area (Å²) >= 11 is 0. The zero-order valence-corrected chi connectivity index (χ0v) is 14.5. The first-order valence-electron chi connectivity index (χ1n) is 8.05. The van der Waals surface area contributed by atoms with Crippen molar-refractivity contribution in [1.29, 1.82) is 0 Å². The van der Waals surface area contributed by atoms with Crippen LogP contribution < -0.4 is 15.4 Å². The number of carbonyl (C=O) groups excluding carboxylic acids is 2. The molecule has 2 aromatic carbocycles. The molecular weight excluding hydrogens is 342 g/mol. The molecule has 2 rings (SSSR count). The third-order valence-corrected chi connectivity index (χ3v) is 3.59. The summed E-state index contributed by atoms with van der Waals surface area (Å²) in [5.41, 5.74) is 1.86. The van der Waals surface area contributed by atoms with E-state index in [2.05, 4.69) is 15.4 Å². The predicted octanol–water partition coefficient (Wildman–Crippen LogP) is 3.34. The van der Waals surface area contributed by atoms with Crippen molar-refractivity contribution in [3.05, 3.63) is 59.7 Å². The van der Waals surface area contributed by atoms with Crippen LogP contribution in [0.5, 0.6) is 5.75 Å². The van der Waals surface area contributed by atoms with E-state index in [0.717, 1.165) is 5.56 Å². The number of amides is 2. The number of benzene rings is 2. The zero-order chi connectivity index (χ0) is 19.1. The highest BCUT2D eigenvalue weighted by molar-refractivity contribution is 5.96. The maximum absolute atomic E-state index is 12.6. The van der Waals surface area contributed by atoms with Crippen LogP contribution in [0.15, 0.2) is 48.5 Å². The molecule has 5 nitrogen and oxygen atoms in total. The summed E-state index contributed by atoms with van der Waals surface area (Å²) in [7, 11) is 0. The molecule has 2 N–H and O–H groups in total. The Kier molecular flexibility index (Phi) is 6.66. The summed E-state index contributed by atoms with van der Waals surface area (Å²) in [5, 5.41) is 5.14. The fourth-order valence-electron chi connectivity index (χ4n) is 2.44. The molecule has 0 aromatic heterocycles. The second-order valence-corrected chi connectivity index (χ2v) is 5.77. The van der Waals surface area contributed by atoms with Gasteiger partial charge >= 0.3 is 6.61 Å². The molecule has 2 aromatic rings. The molecule has 138 valence electrons. The number of carbonyl (C=O) groups is 2. The Bertz CT molecular complexity index is 767. The second kappa shape index (κ2) is 8.94. The number of nitrogens with one attached hydrogen (secondary N) is 2. The van der Waals surface area contributed by atoms with Crippen molar-refractivity contribution in [3.63, 3.8) is 0 Å². The van der Waals surface area contributed by atoms with Gasteiger partial charge in [-0.15, -0.1) is 0 Å². The molecule has 2 amide bonds. The molecule has 0 aliphatic carbocycles. The molecule has 0 aliphatic heterocycles. The van der Waals surface area contributed by atoms with Gasteiger partial charge in [0.25, 0.3) is 0 Å². The number of halogens is 2. The van der Waals surface area contributed by atoms with Gasteiger partial charge < -0.3 is 15.4 Å². The summed E-state index contributed by atoms with van der Waals surface area (Å²) in [6.07, 6.45) is 0.369. The molecule has 0 spiro atoms. The number of rotatable bonds is 7. The van der Waals surface area contributed by atoms with Gasteiger partial charge in [-0.1, -0.05) is 30.3 Å². The van der Waals surface area contributed by atoms with E-state index in [4.69, 9.17) is 0 Å². The highest BCUT2D eigenvalue weighted by Gasteiger charge is 2.16. The molecule has 0 bridgehead atoms. The standard InChI is InChI=1S/C19H20F2N2O3/c1-12(22-13(2)24)18(25)23-16-8-9-17(26-19(20)21)15(11-16)10-14-6-4-3-5-7-14/h3-9,11-12,19H,10H2,1-2H3,(H,22,24)(H,23,25). The monoisotopic (exact) mass is 362 g/mol. The topological polar surface area (TPSA) is 67.4 Å². The Hall–Kier alpha value is -2.96. The summed E-state index contributed by atoms with van der Waals surface area (Å²) in [5.74, 6) is -0.678. The molecule has 0 saturated heterocycles. The lowest BCUT2D eigenvalue weighted by molar-refractivity contribution is -0.124. The fraction of sp³-hybridized carbons (Fsp3) is 0.263. The van der Waals surface area contributed by atoms with Gasteiger partial charge in [0, 0.05) is 24.6 Å². The first kappa shape index (κ1) is 19.4. The van der Waals surface area contributed by atoms with Crippen molar-refractivity contribution in [3.8, 4) is 5.75 Å². The van der Waals surface area contributed by atoms with Crippen molar-refractivity contribution in [2.24, 2.45) is 0 Å². The van der Waals surface area contributed by atoms with Crippen LogP contribution in [0, 0.1) is 0 Å². The van der Waals surface area contributed by atoms with Crippen molar-refractivity contribution in [2.45, 2.75) is 32.9 Å². The van der Waals surface area contributed by atoms with Crippen LogP contribution in [0.25, 0.3) is 0 Å². The van der Waals surface area contributed by atoms with Gasteiger partial charge in [-0.05, 0) is 30.7 Å². The number of anilines is 1. The van der Waals surface area contributed by atoms with Gasteiger partial charge in [0.2, 0.25) is 11.8 Å². The van der Waals surface area contributed by atoms with Gasteiger partial charge in [0.15, 0.2) is 0 Å². The van der Waals surface area contributed by atoms with Crippen molar-refractivity contribution in [1.82, 2.24) is 5.32 Å². The quantitative estimate of drug-likeness (QED) is 0.794. The Morgan fingerprint density at radius 1 is 1.12 bits per heavy atom. The van der Waals surface area contributed by atoms with E-state index in [1.807, 2.05) is 30.3 Å². The SMILES string of the molecule is CC(=O)NC(C)C(=O)Nc1ccc(OC(F)F)c(Cc2ccccc2)c1. The van der Waals surface area contributed by atoms with Crippen LogP contribution in [-0.2, 0) is 16.0 Å². The first-order valence-corrected chi connectivity index (χ1v) is 8.05. The third kappa shape index (κ3) is 5.84. The van der Waals surface area contributed by atoms with Crippen molar-refractivity contribution in [2.75, 3.05) is 5.32 Å². The van der Waals surface area contributed by atoms with E-state index in [1.165, 1.54) is 19.1 Å². The number of hydrogen-bond donors (Lipinski definition) is 2. The molecule has 0 heterocycles. The Morgan fingerprint density at radius 2 is 1.81 bits per heavy atom. The molecule has 7 heteroatoms. The Labute approximate surface area is 150 Å². The summed E-state index contributed by atoms with van der Waals surface area (Å²) in [4.78, 5) is 23.1. The maximum Gasteiger partial charge on any atom is 0.387 e. The van der Waals surface area contributed by atoms with Crippen molar-refractivity contribution >= 4 is 17.5 Å². The predicted molar refractivity (Wildman–Crippen MR) is 94.2 cm³/mol. The lowest BCUT2D eigenvalue weighted by atomic mass is 10.0. The van der Waals surface area contributed by atoms with E-state index >= 15 is 0 Å². The molecule has 1 unspecified atom stereocenters. The average Bonchev–Trinajstić information content (AvgIpc) is 2.57. The second-order valence-electron chi connectivity index (χ2n) is 5.77. The average molecular weight is 362 g/mol. The normalized spacial score (nSPS) is 11.7. The van der Waals surface area contributed by atoms with E-state index < -0.39 is 18.6 Å². The Balaban J connectivity index is 2.21. The largest absolute Gasteiger partial charge is 0.435 e. The molecule has 1 atom stereocenters. The molecule has 26 heavy (non-hydrogen) atoms. The van der Waals surface area contributed by atoms with E-state index in [1.54, 1.807) is 13.0 Å². The molecule has 0 radical (unpaired) electrons. The smallest absolute Gasteiger partial charge is 0.387 e. The fourth-order valence-corrected chi connectivity index (χ4v) is 2.44. The van der Waals surface area contributed by atoms with E-state index in [9.17, 15) is 18.4 Å². The van der Waals surface area contributed by atoms with Crippen LogP contribution in [-0.4, -0.2) is 24.5 Å². The number of hydrogen-bond acceptors (Lipinski definition) is 3. The minimum atomic E-state index is -2.94. The van der Waals surface area contributed by atoms with E-state index in [-0.39, 0.29) is 11.7 Å². The minimum absolute atomic E-state index is 0.0526. The zero-order valence-electron chi connectivity index (χ0n) is 14.5. The lowest BCUT2D eigenvalue weighted by Crippen LogP contribution is -2.40. The van der Waals surface area contributed by atoms with Gasteiger partial charge in [0.1, 0.15) is 11.8 Å². The summed E-state index contributed by atoms with van der Waals surface area (Å²) in [6, 6.07) is 13.0. The lowest BCUT2D eigenvalue weighted by Gasteiger charge is -2.16. The van der Waals surface area contributed by atoms with Crippen LogP contribution in [0.2, 0.25) is 0 Å². The number of alkyl halides is 2. The van der Waals surface area contributed by atoms with Crippen LogP contribution >= 0.6 is 0 Å². The van der Waals surface area contributed by atoms with Gasteiger partial charge in [-0.2, -0.15) is 8.78 Å². The molecule has 0 aliphatic rings. The third-order valence-electron chi connectivity index (χ3n) is 3.59. The maximum atomic E-state index is 12.6. The minimum Gasteiger partial charge on any atom is -0.435 e. The molecule has 0 saturated carbocycles. The summed E-state index contributed by atoms with van der Waals surface area (Å²) < 4.78 is 29.9. The van der Waals surface area contributed by atoms with Gasteiger partial charge in [0.05, 0.1) is 0 Å². The van der Waals surface area contributed by atoms with Crippen LogP contribution in [0.3, 0.4) is 0 Å². The van der Waals surface area contributed by atoms with Gasteiger partial charge in [-0.25, -0.2) is 0 Å². The van der Waals surface area contributed by atoms with Crippen LogP contribution in [0.1, 0.15) is 25.0 Å². The van der Waals surface area contributed by atoms with Crippen LogP contribution in [0.4, 0.5) is 14.5 Å². The molecule has 0 fully saturated rings. The highest BCUT2D eigenvalue weighted by Crippen LogP contribution is 2.27. The van der Waals surface area contributed by atoms with Crippen molar-refractivity contribution < 1.29 is 23.1 Å². The Morgan fingerprint density at radius 3 is 2.42 bits per heavy atom. The number of ether oxygens (including phenoxy) is 1. The molecular formula is C19H20F2N2O3. The first-order chi connectivity index (χ1) is 12.3.